The summed E-state index contributed by atoms with van der Waals surface area (Å²) >= 11 is 0. The van der Waals surface area contributed by atoms with Gasteiger partial charge in [0.15, 0.2) is 0 Å². The number of aliphatic carboxylic acids is 1. The molecule has 1 fully saturated rings. The fourth-order valence-corrected chi connectivity index (χ4v) is 3.11. The Kier molecular flexibility index (Phi) is 5.59. The zero-order valence-corrected chi connectivity index (χ0v) is 11.9. The van der Waals surface area contributed by atoms with E-state index in [-0.39, 0.29) is 18.2 Å². The maximum Gasteiger partial charge on any atom is 0.307 e. The van der Waals surface area contributed by atoms with Crippen LogP contribution in [-0.4, -0.2) is 31.8 Å². The summed E-state index contributed by atoms with van der Waals surface area (Å²) in [5.41, 5.74) is 0. The van der Waals surface area contributed by atoms with Crippen LogP contribution in [-0.2, 0) is 14.8 Å². The van der Waals surface area contributed by atoms with E-state index >= 15 is 0 Å². The maximum atomic E-state index is 11.7. The van der Waals surface area contributed by atoms with E-state index in [0.717, 1.165) is 12.8 Å². The van der Waals surface area contributed by atoms with Crippen molar-refractivity contribution >= 4 is 16.0 Å². The largest absolute Gasteiger partial charge is 0.481 e. The van der Waals surface area contributed by atoms with E-state index < -0.39 is 21.9 Å². The second kappa shape index (κ2) is 6.52. The van der Waals surface area contributed by atoms with Gasteiger partial charge in [0.25, 0.3) is 0 Å². The molecule has 106 valence electrons. The van der Waals surface area contributed by atoms with E-state index in [2.05, 4.69) is 4.72 Å². The molecule has 0 aromatic rings. The lowest BCUT2D eigenvalue weighted by molar-refractivity contribution is -0.142. The summed E-state index contributed by atoms with van der Waals surface area (Å²) in [7, 11) is -3.31. The van der Waals surface area contributed by atoms with Gasteiger partial charge in [-0.1, -0.05) is 26.7 Å². The quantitative estimate of drug-likeness (QED) is 0.668. The van der Waals surface area contributed by atoms with Crippen molar-refractivity contribution in [2.75, 3.05) is 12.3 Å². The topological polar surface area (TPSA) is 83.5 Å². The second-order valence-electron chi connectivity index (χ2n) is 5.56. The van der Waals surface area contributed by atoms with Crippen molar-refractivity contribution in [1.29, 1.82) is 0 Å². The van der Waals surface area contributed by atoms with Crippen molar-refractivity contribution in [1.82, 2.24) is 4.72 Å². The van der Waals surface area contributed by atoms with Crippen LogP contribution in [0.15, 0.2) is 0 Å². The average molecular weight is 277 g/mol. The summed E-state index contributed by atoms with van der Waals surface area (Å²) in [6, 6.07) is 0. The zero-order chi connectivity index (χ0) is 13.8. The molecule has 0 bridgehead atoms. The molecule has 1 aliphatic carbocycles. The van der Waals surface area contributed by atoms with Gasteiger partial charge in [0.1, 0.15) is 0 Å². The predicted molar refractivity (Wildman–Crippen MR) is 69.7 cm³/mol. The molecule has 1 rings (SSSR count). The summed E-state index contributed by atoms with van der Waals surface area (Å²) in [4.78, 5) is 11.0. The number of rotatable bonds is 9. The Bertz CT molecular complexity index is 374. The van der Waals surface area contributed by atoms with Crippen LogP contribution in [0.5, 0.6) is 0 Å². The van der Waals surface area contributed by atoms with Crippen LogP contribution in [0.1, 0.15) is 39.5 Å². The molecule has 0 aliphatic heterocycles. The van der Waals surface area contributed by atoms with E-state index in [0.29, 0.717) is 18.8 Å². The fourth-order valence-electron chi connectivity index (χ4n) is 1.87. The van der Waals surface area contributed by atoms with E-state index in [1.807, 2.05) is 13.8 Å². The van der Waals surface area contributed by atoms with Gasteiger partial charge in [-0.2, -0.15) is 0 Å². The molecule has 0 amide bonds. The SMILES string of the molecule is CC(C)CC(CNS(=O)(=O)CCC1CC1)C(=O)O. The van der Waals surface area contributed by atoms with Crippen LogP contribution in [0, 0.1) is 17.8 Å². The van der Waals surface area contributed by atoms with Crippen molar-refractivity contribution in [3.05, 3.63) is 0 Å². The standard InChI is InChI=1S/C12H23NO4S/c1-9(2)7-11(12(14)15)8-13-18(16,17)6-5-10-3-4-10/h9-11,13H,3-8H2,1-2H3,(H,14,15). The summed E-state index contributed by atoms with van der Waals surface area (Å²) < 4.78 is 25.8. The zero-order valence-electron chi connectivity index (χ0n) is 11.1. The third kappa shape index (κ3) is 6.35. The van der Waals surface area contributed by atoms with Gasteiger partial charge in [0.2, 0.25) is 10.0 Å². The maximum absolute atomic E-state index is 11.7. The Hall–Kier alpha value is -0.620. The molecule has 1 atom stereocenters. The Morgan fingerprint density at radius 1 is 1.39 bits per heavy atom. The summed E-state index contributed by atoms with van der Waals surface area (Å²) in [5.74, 6) is -0.657. The van der Waals surface area contributed by atoms with Crippen LogP contribution in [0.4, 0.5) is 0 Å². The van der Waals surface area contributed by atoms with E-state index in [4.69, 9.17) is 5.11 Å². The van der Waals surface area contributed by atoms with Crippen LogP contribution in [0.3, 0.4) is 0 Å². The lowest BCUT2D eigenvalue weighted by Crippen LogP contribution is -2.35. The average Bonchev–Trinajstić information content (AvgIpc) is 3.04. The van der Waals surface area contributed by atoms with Crippen LogP contribution in [0.25, 0.3) is 0 Å². The molecular weight excluding hydrogens is 254 g/mol. The monoisotopic (exact) mass is 277 g/mol. The molecule has 1 saturated carbocycles. The fraction of sp³-hybridized carbons (Fsp3) is 0.917. The highest BCUT2D eigenvalue weighted by Gasteiger charge is 2.25. The molecule has 0 aromatic heterocycles. The lowest BCUT2D eigenvalue weighted by atomic mass is 9.98. The highest BCUT2D eigenvalue weighted by atomic mass is 32.2. The first-order chi connectivity index (χ1) is 8.30. The number of hydrogen-bond donors (Lipinski definition) is 2. The molecule has 2 N–H and O–H groups in total. The summed E-state index contributed by atoms with van der Waals surface area (Å²) in [6.45, 7) is 3.86. The van der Waals surface area contributed by atoms with Gasteiger partial charge >= 0.3 is 5.97 Å². The molecule has 0 spiro atoms. The molecule has 0 radical (unpaired) electrons. The number of carboxylic acids is 1. The molecule has 1 unspecified atom stereocenters. The highest BCUT2D eigenvalue weighted by molar-refractivity contribution is 7.89. The highest BCUT2D eigenvalue weighted by Crippen LogP contribution is 2.32. The summed E-state index contributed by atoms with van der Waals surface area (Å²) in [5, 5.41) is 9.01. The number of hydrogen-bond acceptors (Lipinski definition) is 3. The van der Waals surface area contributed by atoms with E-state index in [1.165, 1.54) is 0 Å². The normalized spacial score (nSPS) is 17.9. The van der Waals surface area contributed by atoms with Crippen LogP contribution in [0.2, 0.25) is 0 Å². The third-order valence-electron chi connectivity index (χ3n) is 3.15. The Morgan fingerprint density at radius 2 is 2.00 bits per heavy atom. The van der Waals surface area contributed by atoms with Gasteiger partial charge in [0, 0.05) is 6.54 Å². The van der Waals surface area contributed by atoms with Gasteiger partial charge in [-0.3, -0.25) is 4.79 Å². The van der Waals surface area contributed by atoms with E-state index in [9.17, 15) is 13.2 Å². The number of carboxylic acid groups (broad SMARTS) is 1. The van der Waals surface area contributed by atoms with Crippen molar-refractivity contribution in [3.63, 3.8) is 0 Å². The van der Waals surface area contributed by atoms with Gasteiger partial charge in [-0.05, 0) is 24.7 Å². The third-order valence-corrected chi connectivity index (χ3v) is 4.53. The first kappa shape index (κ1) is 15.4. The Balaban J connectivity index is 2.36. The number of sulfonamides is 1. The van der Waals surface area contributed by atoms with Gasteiger partial charge in [-0.25, -0.2) is 13.1 Å². The van der Waals surface area contributed by atoms with Gasteiger partial charge in [0.05, 0.1) is 11.7 Å². The van der Waals surface area contributed by atoms with Crippen molar-refractivity contribution in [3.8, 4) is 0 Å². The molecule has 0 heterocycles. The Morgan fingerprint density at radius 3 is 2.44 bits per heavy atom. The van der Waals surface area contributed by atoms with Crippen LogP contribution < -0.4 is 4.72 Å². The van der Waals surface area contributed by atoms with E-state index in [1.54, 1.807) is 0 Å². The number of carbonyl (C=O) groups is 1. The molecule has 5 nitrogen and oxygen atoms in total. The Labute approximate surface area is 109 Å². The van der Waals surface area contributed by atoms with Crippen molar-refractivity contribution in [2.45, 2.75) is 39.5 Å². The first-order valence-corrected chi connectivity index (χ1v) is 8.15. The minimum absolute atomic E-state index is 0.000509. The molecule has 1 aliphatic rings. The predicted octanol–water partition coefficient (Wildman–Crippen LogP) is 1.45. The molecule has 0 aromatic carbocycles. The second-order valence-corrected chi connectivity index (χ2v) is 7.49. The molecule has 6 heteroatoms. The molecular formula is C12H23NO4S. The molecule has 0 saturated heterocycles. The smallest absolute Gasteiger partial charge is 0.307 e. The van der Waals surface area contributed by atoms with Gasteiger partial charge in [-0.15, -0.1) is 0 Å². The first-order valence-electron chi connectivity index (χ1n) is 6.50. The van der Waals surface area contributed by atoms with Crippen molar-refractivity contribution in [2.24, 2.45) is 17.8 Å². The lowest BCUT2D eigenvalue weighted by Gasteiger charge is -2.15. The van der Waals surface area contributed by atoms with Crippen molar-refractivity contribution < 1.29 is 18.3 Å². The molecule has 18 heavy (non-hydrogen) atoms. The van der Waals surface area contributed by atoms with Gasteiger partial charge < -0.3 is 5.11 Å². The van der Waals surface area contributed by atoms with Crippen LogP contribution >= 0.6 is 0 Å². The number of nitrogens with one attached hydrogen (secondary N) is 1. The minimum Gasteiger partial charge on any atom is -0.481 e. The summed E-state index contributed by atoms with van der Waals surface area (Å²) in [6.07, 6.45) is 3.43. The minimum atomic E-state index is -3.31.